The monoisotopic (exact) mass is 290 g/mol. The summed E-state index contributed by atoms with van der Waals surface area (Å²) in [5.74, 6) is -0.430. The van der Waals surface area contributed by atoms with Crippen molar-refractivity contribution in [3.05, 3.63) is 59.9 Å². The first-order valence-corrected chi connectivity index (χ1v) is 6.74. The fraction of sp³-hybridized carbons (Fsp3) is 0.250. The van der Waals surface area contributed by atoms with E-state index in [0.29, 0.717) is 12.2 Å². The molecule has 0 bridgehead atoms. The van der Waals surface area contributed by atoms with Crippen LogP contribution in [0.5, 0.6) is 0 Å². The highest BCUT2D eigenvalue weighted by Gasteiger charge is 2.23. The molecule has 0 unspecified atom stereocenters. The first-order valence-electron chi connectivity index (χ1n) is 6.74. The van der Waals surface area contributed by atoms with Crippen LogP contribution in [0.4, 0.5) is 14.5 Å². The van der Waals surface area contributed by atoms with E-state index in [1.165, 1.54) is 23.1 Å². The lowest BCUT2D eigenvalue weighted by Gasteiger charge is -2.23. The molecule has 2 aromatic rings. The van der Waals surface area contributed by atoms with Gasteiger partial charge in [0.25, 0.3) is 12.3 Å². The average molecular weight is 290 g/mol. The van der Waals surface area contributed by atoms with Crippen molar-refractivity contribution < 1.29 is 13.6 Å². The smallest absolute Gasteiger partial charge is 0.264 e. The third-order valence-electron chi connectivity index (χ3n) is 3.08. The number of benzene rings is 1. The SMILES string of the molecule is CCCN(C(=O)c1ccccc1C(F)F)c1cccnc1. The predicted octanol–water partition coefficient (Wildman–Crippen LogP) is 4.08. The summed E-state index contributed by atoms with van der Waals surface area (Å²) in [4.78, 5) is 18.1. The van der Waals surface area contributed by atoms with Crippen LogP contribution < -0.4 is 4.90 Å². The van der Waals surface area contributed by atoms with Gasteiger partial charge in [-0.15, -0.1) is 0 Å². The number of hydrogen-bond acceptors (Lipinski definition) is 2. The third kappa shape index (κ3) is 3.42. The van der Waals surface area contributed by atoms with E-state index >= 15 is 0 Å². The number of nitrogens with zero attached hydrogens (tertiary/aromatic N) is 2. The number of pyridine rings is 1. The number of hydrogen-bond donors (Lipinski definition) is 0. The molecular formula is C16H16F2N2O. The molecule has 1 aromatic carbocycles. The van der Waals surface area contributed by atoms with Crippen LogP contribution in [0.1, 0.15) is 35.7 Å². The van der Waals surface area contributed by atoms with E-state index in [-0.39, 0.29) is 11.1 Å². The van der Waals surface area contributed by atoms with Gasteiger partial charge in [-0.1, -0.05) is 25.1 Å². The van der Waals surface area contributed by atoms with E-state index < -0.39 is 12.3 Å². The predicted molar refractivity (Wildman–Crippen MR) is 77.6 cm³/mol. The molecule has 0 atom stereocenters. The van der Waals surface area contributed by atoms with E-state index in [4.69, 9.17) is 0 Å². The minimum absolute atomic E-state index is 0.0322. The van der Waals surface area contributed by atoms with Crippen LogP contribution in [-0.2, 0) is 0 Å². The Kier molecular flexibility index (Phi) is 4.98. The molecule has 0 aliphatic rings. The summed E-state index contributed by atoms with van der Waals surface area (Å²) in [6, 6.07) is 9.27. The Hall–Kier alpha value is -2.30. The van der Waals surface area contributed by atoms with Gasteiger partial charge < -0.3 is 4.90 Å². The lowest BCUT2D eigenvalue weighted by atomic mass is 10.1. The van der Waals surface area contributed by atoms with Crippen LogP contribution >= 0.6 is 0 Å². The van der Waals surface area contributed by atoms with Crippen LogP contribution in [0, 0.1) is 0 Å². The maximum absolute atomic E-state index is 13.1. The molecule has 2 rings (SSSR count). The Balaban J connectivity index is 2.40. The number of rotatable bonds is 5. The normalized spacial score (nSPS) is 10.7. The van der Waals surface area contributed by atoms with Gasteiger partial charge in [-0.2, -0.15) is 0 Å². The second-order valence-electron chi connectivity index (χ2n) is 4.56. The summed E-state index contributed by atoms with van der Waals surface area (Å²) in [7, 11) is 0. The van der Waals surface area contributed by atoms with Crippen LogP contribution in [0.25, 0.3) is 0 Å². The van der Waals surface area contributed by atoms with Gasteiger partial charge in [0.05, 0.1) is 11.9 Å². The molecule has 5 heteroatoms. The zero-order chi connectivity index (χ0) is 15.2. The van der Waals surface area contributed by atoms with Crippen molar-refractivity contribution in [1.82, 2.24) is 4.98 Å². The number of aromatic nitrogens is 1. The third-order valence-corrected chi connectivity index (χ3v) is 3.08. The van der Waals surface area contributed by atoms with E-state index in [9.17, 15) is 13.6 Å². The number of carbonyl (C=O) groups excluding carboxylic acids is 1. The summed E-state index contributed by atoms with van der Waals surface area (Å²) < 4.78 is 26.1. The molecule has 0 spiro atoms. The Labute approximate surface area is 122 Å². The van der Waals surface area contributed by atoms with E-state index in [0.717, 1.165) is 6.42 Å². The zero-order valence-electron chi connectivity index (χ0n) is 11.7. The fourth-order valence-corrected chi connectivity index (χ4v) is 2.11. The summed E-state index contributed by atoms with van der Waals surface area (Å²) >= 11 is 0. The van der Waals surface area contributed by atoms with Crippen molar-refractivity contribution in [2.75, 3.05) is 11.4 Å². The molecule has 0 saturated heterocycles. The van der Waals surface area contributed by atoms with E-state index in [1.54, 1.807) is 30.6 Å². The number of anilines is 1. The van der Waals surface area contributed by atoms with Gasteiger partial charge in [0.1, 0.15) is 0 Å². The molecule has 0 fully saturated rings. The quantitative estimate of drug-likeness (QED) is 0.831. The average Bonchev–Trinajstić information content (AvgIpc) is 2.52. The first kappa shape index (κ1) is 15.1. The summed E-state index contributed by atoms with van der Waals surface area (Å²) in [5, 5.41) is 0. The molecular weight excluding hydrogens is 274 g/mol. The van der Waals surface area contributed by atoms with Crippen LogP contribution in [0.15, 0.2) is 48.8 Å². The molecule has 1 amide bonds. The highest BCUT2D eigenvalue weighted by atomic mass is 19.3. The second kappa shape index (κ2) is 6.92. The van der Waals surface area contributed by atoms with Crippen molar-refractivity contribution in [3.8, 4) is 0 Å². The van der Waals surface area contributed by atoms with Crippen LogP contribution in [-0.4, -0.2) is 17.4 Å². The molecule has 0 radical (unpaired) electrons. The zero-order valence-corrected chi connectivity index (χ0v) is 11.7. The Bertz CT molecular complexity index is 602. The molecule has 110 valence electrons. The molecule has 1 aromatic heterocycles. The van der Waals surface area contributed by atoms with Crippen molar-refractivity contribution in [3.63, 3.8) is 0 Å². The van der Waals surface area contributed by atoms with E-state index in [2.05, 4.69) is 4.98 Å². The lowest BCUT2D eigenvalue weighted by Crippen LogP contribution is -2.32. The number of alkyl halides is 2. The van der Waals surface area contributed by atoms with E-state index in [1.807, 2.05) is 6.92 Å². The molecule has 0 aliphatic heterocycles. The van der Waals surface area contributed by atoms with Gasteiger partial charge >= 0.3 is 0 Å². The van der Waals surface area contributed by atoms with Crippen molar-refractivity contribution in [1.29, 1.82) is 0 Å². The van der Waals surface area contributed by atoms with Gasteiger partial charge in [-0.25, -0.2) is 8.78 Å². The van der Waals surface area contributed by atoms with Gasteiger partial charge in [0.2, 0.25) is 0 Å². The van der Waals surface area contributed by atoms with Gasteiger partial charge in [0.15, 0.2) is 0 Å². The number of halogens is 2. The maximum Gasteiger partial charge on any atom is 0.264 e. The Morgan fingerprint density at radius 2 is 2.00 bits per heavy atom. The summed E-state index contributed by atoms with van der Waals surface area (Å²) in [6.07, 6.45) is 1.20. The standard InChI is InChI=1S/C16H16F2N2O/c1-2-10-20(12-6-5-9-19-11-12)16(21)14-8-4-3-7-13(14)15(17)18/h3-9,11,15H,2,10H2,1H3. The minimum Gasteiger partial charge on any atom is -0.307 e. The number of amides is 1. The lowest BCUT2D eigenvalue weighted by molar-refractivity contribution is 0.0973. The van der Waals surface area contributed by atoms with Gasteiger partial charge in [-0.05, 0) is 24.6 Å². The van der Waals surface area contributed by atoms with Crippen molar-refractivity contribution in [2.24, 2.45) is 0 Å². The Morgan fingerprint density at radius 3 is 2.62 bits per heavy atom. The largest absolute Gasteiger partial charge is 0.307 e. The van der Waals surface area contributed by atoms with Crippen molar-refractivity contribution >= 4 is 11.6 Å². The molecule has 0 aliphatic carbocycles. The van der Waals surface area contributed by atoms with Crippen LogP contribution in [0.2, 0.25) is 0 Å². The maximum atomic E-state index is 13.1. The summed E-state index contributed by atoms with van der Waals surface area (Å²) in [6.45, 7) is 2.37. The molecule has 3 nitrogen and oxygen atoms in total. The van der Waals surface area contributed by atoms with Gasteiger partial charge in [0, 0.05) is 23.9 Å². The van der Waals surface area contributed by atoms with Crippen molar-refractivity contribution in [2.45, 2.75) is 19.8 Å². The molecule has 0 saturated carbocycles. The van der Waals surface area contributed by atoms with Gasteiger partial charge in [-0.3, -0.25) is 9.78 Å². The number of carbonyl (C=O) groups is 1. The second-order valence-corrected chi connectivity index (χ2v) is 4.56. The first-order chi connectivity index (χ1) is 10.1. The van der Waals surface area contributed by atoms with Crippen LogP contribution in [0.3, 0.4) is 0 Å². The molecule has 0 N–H and O–H groups in total. The fourth-order valence-electron chi connectivity index (χ4n) is 2.11. The highest BCUT2D eigenvalue weighted by molar-refractivity contribution is 6.07. The molecule has 21 heavy (non-hydrogen) atoms. The summed E-state index contributed by atoms with van der Waals surface area (Å²) in [5.41, 5.74) is 0.394. The minimum atomic E-state index is -2.68. The highest BCUT2D eigenvalue weighted by Crippen LogP contribution is 2.25. The molecule has 1 heterocycles. The Morgan fingerprint density at radius 1 is 1.24 bits per heavy atom. The topological polar surface area (TPSA) is 33.2 Å².